The zero-order chi connectivity index (χ0) is 54.8. The average molecular weight is 1050 g/mol. The Hall–Kier alpha value is -6.28. The molecule has 2 aromatic heterocycles. The fraction of sp³-hybridized carbons (Fsp3) is 0.343. The molecule has 0 amide bonds. The number of hydrogen-bond donors (Lipinski definition) is 0. The Morgan fingerprint density at radius 1 is 0.351 bits per heavy atom. The lowest BCUT2D eigenvalue weighted by Crippen LogP contribution is -2.59. The molecule has 7 heteroatoms. The second kappa shape index (κ2) is 17.1. The Morgan fingerprint density at radius 2 is 0.714 bits per heavy atom. The number of ether oxygens (including phenoxy) is 1. The summed E-state index contributed by atoms with van der Waals surface area (Å²) in [6.45, 7) is 42.5. The van der Waals surface area contributed by atoms with E-state index in [0.29, 0.717) is 0 Å². The predicted octanol–water partition coefficient (Wildman–Crippen LogP) is 19.6. The number of thiophene rings is 2. The molecule has 9 aromatic rings. The number of hydrogen-bond acceptors (Lipinski definition) is 6. The summed E-state index contributed by atoms with van der Waals surface area (Å²) in [5.41, 5.74) is 19.5. The maximum Gasteiger partial charge on any atom is 0.277 e. The van der Waals surface area contributed by atoms with Gasteiger partial charge in [0.15, 0.2) is 11.5 Å². The lowest BCUT2D eigenvalue weighted by atomic mass is 9.39. The van der Waals surface area contributed by atoms with Crippen molar-refractivity contribution in [1.29, 1.82) is 0 Å². The van der Waals surface area contributed by atoms with Crippen LogP contribution in [0.1, 0.15) is 158 Å². The smallest absolute Gasteiger partial charge is 0.277 e. The molecule has 0 aliphatic carbocycles. The SMILES string of the molecule is CC(C)(C)c1ccc(N2c3cc(N4c5ccccc5Oc5ccccc54)cc4c3B(c3sc5c(C(C)(C)C)cc(C(C)(C)C)cc5c32)c2sc3c(C(C)(C)C)cc(C(C)(C)C)cc3c2N4c2ccc(C(C)(C)C)cc2)cc1. The zero-order valence-electron chi connectivity index (χ0n) is 48.8. The molecule has 0 saturated heterocycles. The van der Waals surface area contributed by atoms with Crippen molar-refractivity contribution in [3.63, 3.8) is 0 Å². The third-order valence-electron chi connectivity index (χ3n) is 16.5. The third kappa shape index (κ3) is 8.35. The van der Waals surface area contributed by atoms with E-state index >= 15 is 0 Å². The summed E-state index contributed by atoms with van der Waals surface area (Å²) in [6.07, 6.45) is 0. The summed E-state index contributed by atoms with van der Waals surface area (Å²) < 4.78 is 12.3. The van der Waals surface area contributed by atoms with E-state index in [9.17, 15) is 0 Å². The van der Waals surface area contributed by atoms with Gasteiger partial charge in [-0.15, -0.1) is 22.7 Å². The van der Waals surface area contributed by atoms with Crippen molar-refractivity contribution in [3.05, 3.63) is 167 Å². The van der Waals surface area contributed by atoms with Gasteiger partial charge in [-0.3, -0.25) is 0 Å². The number of benzene rings is 7. The van der Waals surface area contributed by atoms with Gasteiger partial charge in [-0.25, -0.2) is 0 Å². The second-order valence-corrected chi connectivity index (χ2v) is 30.5. The van der Waals surface area contributed by atoms with Gasteiger partial charge >= 0.3 is 0 Å². The van der Waals surface area contributed by atoms with Gasteiger partial charge in [0, 0.05) is 52.5 Å². The van der Waals surface area contributed by atoms with Crippen LogP contribution in [0.15, 0.2) is 133 Å². The molecule has 12 rings (SSSR count). The van der Waals surface area contributed by atoms with Crippen LogP contribution in [0.5, 0.6) is 11.5 Å². The molecule has 3 aliphatic heterocycles. The number of fused-ring (bicyclic) bond motifs is 10. The number of para-hydroxylation sites is 4. The molecular formula is C70H76BN3OS2. The monoisotopic (exact) mass is 1050 g/mol. The van der Waals surface area contributed by atoms with E-state index in [0.717, 1.165) is 39.9 Å². The van der Waals surface area contributed by atoms with Gasteiger partial charge in [0.25, 0.3) is 6.71 Å². The van der Waals surface area contributed by atoms with Crippen molar-refractivity contribution < 1.29 is 4.74 Å². The lowest BCUT2D eigenvalue weighted by molar-refractivity contribution is 0.477. The summed E-state index contributed by atoms with van der Waals surface area (Å²) in [5.74, 6) is 1.68. The van der Waals surface area contributed by atoms with E-state index in [1.54, 1.807) is 0 Å². The average Bonchev–Trinajstić information content (AvgIpc) is 4.00. The van der Waals surface area contributed by atoms with E-state index in [-0.39, 0.29) is 39.2 Å². The molecule has 4 nitrogen and oxygen atoms in total. The number of rotatable bonds is 3. The topological polar surface area (TPSA) is 19.0 Å². The highest BCUT2D eigenvalue weighted by atomic mass is 32.1. The van der Waals surface area contributed by atoms with Crippen molar-refractivity contribution in [2.45, 2.75) is 157 Å². The van der Waals surface area contributed by atoms with Crippen LogP contribution >= 0.6 is 22.7 Å². The van der Waals surface area contributed by atoms with Crippen molar-refractivity contribution in [1.82, 2.24) is 0 Å². The molecular weight excluding hydrogens is 974 g/mol. The van der Waals surface area contributed by atoms with Gasteiger partial charge in [0.2, 0.25) is 0 Å². The summed E-state index contributed by atoms with van der Waals surface area (Å²) in [4.78, 5) is 7.80. The zero-order valence-corrected chi connectivity index (χ0v) is 50.5. The molecule has 0 fully saturated rings. The maximum atomic E-state index is 6.75. The molecule has 0 N–H and O–H groups in total. The Kier molecular flexibility index (Phi) is 11.4. The fourth-order valence-corrected chi connectivity index (χ4v) is 15.3. The van der Waals surface area contributed by atoms with Crippen molar-refractivity contribution in [2.75, 3.05) is 14.7 Å². The Balaban J connectivity index is 1.30. The van der Waals surface area contributed by atoms with Crippen LogP contribution < -0.4 is 34.5 Å². The van der Waals surface area contributed by atoms with Crippen LogP contribution in [-0.2, 0) is 32.5 Å². The molecule has 0 atom stereocenters. The number of anilines is 9. The molecule has 3 aliphatic rings. The van der Waals surface area contributed by atoms with E-state index in [1.165, 1.54) is 91.3 Å². The minimum atomic E-state index is -0.106. The molecule has 7 aromatic carbocycles. The van der Waals surface area contributed by atoms with Crippen molar-refractivity contribution in [2.24, 2.45) is 0 Å². The highest BCUT2D eigenvalue weighted by Crippen LogP contribution is 2.57. The molecule has 0 bridgehead atoms. The van der Waals surface area contributed by atoms with Crippen LogP contribution in [-0.4, -0.2) is 6.71 Å². The van der Waals surface area contributed by atoms with Gasteiger partial charge in [-0.05, 0) is 144 Å². The van der Waals surface area contributed by atoms with Crippen molar-refractivity contribution in [3.8, 4) is 11.5 Å². The first-order chi connectivity index (χ1) is 36.0. The quantitative estimate of drug-likeness (QED) is 0.164. The van der Waals surface area contributed by atoms with Gasteiger partial charge in [0.1, 0.15) is 0 Å². The van der Waals surface area contributed by atoms with Gasteiger partial charge in [-0.1, -0.05) is 185 Å². The van der Waals surface area contributed by atoms with Crippen LogP contribution in [0, 0.1) is 0 Å². The standard InChI is InChI=1S/C70H76BN3OS2/c1-65(2,3)41-27-31-45(32-28-41)73-54-39-47(72-52-23-19-21-25-56(52)75-57-26-22-20-24-53(57)72)40-55-58(54)71(63-59(73)48-35-43(67(7,8)9)37-50(61(48)76-63)69(13,14)15)64-60(74(55)46-33-29-42(30-34-46)66(4,5)6)49-36-44(68(10,11)12)38-51(62(49)77-64)70(16,17)18/h19-40H,1-18H3. The van der Waals surface area contributed by atoms with E-state index in [2.05, 4.69) is 273 Å². The van der Waals surface area contributed by atoms with E-state index in [1.807, 2.05) is 22.7 Å². The summed E-state index contributed by atoms with van der Waals surface area (Å²) in [6, 6.07) is 51.4. The highest BCUT2D eigenvalue weighted by molar-refractivity contribution is 7.41. The van der Waals surface area contributed by atoms with E-state index < -0.39 is 0 Å². The second-order valence-electron chi connectivity index (χ2n) is 28.4. The molecule has 5 heterocycles. The molecule has 0 radical (unpaired) electrons. The molecule has 392 valence electrons. The van der Waals surface area contributed by atoms with Crippen LogP contribution in [0.25, 0.3) is 20.2 Å². The van der Waals surface area contributed by atoms with Crippen LogP contribution in [0.2, 0.25) is 0 Å². The van der Waals surface area contributed by atoms with Gasteiger partial charge in [0.05, 0.1) is 28.4 Å². The Labute approximate surface area is 467 Å². The highest BCUT2D eigenvalue weighted by Gasteiger charge is 2.49. The van der Waals surface area contributed by atoms with Crippen LogP contribution in [0.3, 0.4) is 0 Å². The maximum absolute atomic E-state index is 6.75. The molecule has 77 heavy (non-hydrogen) atoms. The Morgan fingerprint density at radius 3 is 1.06 bits per heavy atom. The first-order valence-electron chi connectivity index (χ1n) is 27.9. The first kappa shape index (κ1) is 51.5. The normalized spacial score (nSPS) is 14.6. The summed E-state index contributed by atoms with van der Waals surface area (Å²) in [5, 5.41) is 2.66. The fourth-order valence-electron chi connectivity index (χ4n) is 12.0. The summed E-state index contributed by atoms with van der Waals surface area (Å²) >= 11 is 4.09. The molecule has 0 spiro atoms. The van der Waals surface area contributed by atoms with Gasteiger partial charge in [-0.2, -0.15) is 0 Å². The molecule has 0 saturated carbocycles. The summed E-state index contributed by atoms with van der Waals surface area (Å²) in [7, 11) is 0. The minimum absolute atomic E-state index is 0.00937. The largest absolute Gasteiger partial charge is 0.453 e. The number of nitrogens with zero attached hydrogens (tertiary/aromatic N) is 3. The Bertz CT molecular complexity index is 3610. The third-order valence-corrected chi connectivity index (χ3v) is 19.0. The van der Waals surface area contributed by atoms with Crippen LogP contribution in [0.4, 0.5) is 51.2 Å². The van der Waals surface area contributed by atoms with Gasteiger partial charge < -0.3 is 19.4 Å². The van der Waals surface area contributed by atoms with E-state index in [4.69, 9.17) is 4.74 Å². The lowest BCUT2D eigenvalue weighted by Gasteiger charge is -2.43. The minimum Gasteiger partial charge on any atom is -0.453 e. The predicted molar refractivity (Wildman–Crippen MR) is 338 cm³/mol. The first-order valence-corrected chi connectivity index (χ1v) is 29.5. The van der Waals surface area contributed by atoms with Crippen molar-refractivity contribution >= 4 is 116 Å². The molecule has 0 unspecified atom stereocenters.